The summed E-state index contributed by atoms with van der Waals surface area (Å²) in [6.45, 7) is 1.42. The molecule has 1 aromatic heterocycles. The summed E-state index contributed by atoms with van der Waals surface area (Å²) in [5.74, 6) is -0.120. The van der Waals surface area contributed by atoms with E-state index in [1.807, 2.05) is 35.0 Å². The molecule has 1 amide bonds. The number of carbonyl (C=O) groups is 1. The number of aliphatic hydroxyl groups is 1. The molecule has 3 rings (SSSR count). The molecule has 0 saturated carbocycles. The van der Waals surface area contributed by atoms with E-state index in [-0.39, 0.29) is 12.5 Å². The fourth-order valence-corrected chi connectivity index (χ4v) is 3.03. The van der Waals surface area contributed by atoms with Crippen LogP contribution < -0.4 is 5.32 Å². The van der Waals surface area contributed by atoms with Gasteiger partial charge < -0.3 is 15.2 Å². The Morgan fingerprint density at radius 2 is 2.08 bits per heavy atom. The summed E-state index contributed by atoms with van der Waals surface area (Å²) in [5.41, 5.74) is 3.76. The van der Waals surface area contributed by atoms with Gasteiger partial charge in [-0.25, -0.2) is 4.68 Å². The molecule has 1 heterocycles. The van der Waals surface area contributed by atoms with Crippen LogP contribution in [-0.2, 0) is 17.6 Å². The SMILES string of the molecule is O=C(NCCCOCCO)c1nn(-c2ccccc2)c2c1CCC2. The van der Waals surface area contributed by atoms with E-state index in [1.165, 1.54) is 0 Å². The van der Waals surface area contributed by atoms with Crippen LogP contribution in [0.5, 0.6) is 0 Å². The van der Waals surface area contributed by atoms with Crippen molar-refractivity contribution in [2.45, 2.75) is 25.7 Å². The lowest BCUT2D eigenvalue weighted by atomic mass is 10.2. The smallest absolute Gasteiger partial charge is 0.272 e. The minimum absolute atomic E-state index is 0.0232. The van der Waals surface area contributed by atoms with Crippen LogP contribution >= 0.6 is 0 Å². The van der Waals surface area contributed by atoms with E-state index in [0.717, 1.165) is 36.2 Å². The lowest BCUT2D eigenvalue weighted by Crippen LogP contribution is -2.26. The zero-order valence-corrected chi connectivity index (χ0v) is 13.7. The molecule has 24 heavy (non-hydrogen) atoms. The molecule has 6 nitrogen and oxygen atoms in total. The van der Waals surface area contributed by atoms with Crippen LogP contribution in [0.2, 0.25) is 0 Å². The normalized spacial score (nSPS) is 13.0. The van der Waals surface area contributed by atoms with Crippen LogP contribution in [0.3, 0.4) is 0 Å². The Balaban J connectivity index is 1.67. The number of benzene rings is 1. The average molecular weight is 329 g/mol. The fourth-order valence-electron chi connectivity index (χ4n) is 3.03. The van der Waals surface area contributed by atoms with Crippen molar-refractivity contribution in [2.75, 3.05) is 26.4 Å². The summed E-state index contributed by atoms with van der Waals surface area (Å²) in [7, 11) is 0. The highest BCUT2D eigenvalue weighted by Gasteiger charge is 2.26. The Bertz CT molecular complexity index is 682. The Labute approximate surface area is 141 Å². The maximum Gasteiger partial charge on any atom is 0.272 e. The molecule has 0 atom stereocenters. The Morgan fingerprint density at radius 3 is 2.88 bits per heavy atom. The lowest BCUT2D eigenvalue weighted by Gasteiger charge is -2.05. The maximum absolute atomic E-state index is 12.5. The Morgan fingerprint density at radius 1 is 1.25 bits per heavy atom. The maximum atomic E-state index is 12.5. The van der Waals surface area contributed by atoms with Crippen LogP contribution in [0.1, 0.15) is 34.6 Å². The van der Waals surface area contributed by atoms with Crippen LogP contribution in [0.25, 0.3) is 5.69 Å². The summed E-state index contributed by atoms with van der Waals surface area (Å²) in [6.07, 6.45) is 3.65. The number of nitrogens with one attached hydrogen (secondary N) is 1. The highest BCUT2D eigenvalue weighted by molar-refractivity contribution is 5.94. The molecule has 0 bridgehead atoms. The number of para-hydroxylation sites is 1. The third kappa shape index (κ3) is 3.66. The number of nitrogens with zero attached hydrogens (tertiary/aromatic N) is 2. The first-order valence-corrected chi connectivity index (χ1v) is 8.44. The molecule has 2 N–H and O–H groups in total. The number of ether oxygens (including phenoxy) is 1. The summed E-state index contributed by atoms with van der Waals surface area (Å²) < 4.78 is 7.09. The van der Waals surface area contributed by atoms with Crippen LogP contribution in [0, 0.1) is 0 Å². The number of carbonyl (C=O) groups excluding carboxylic acids is 1. The van der Waals surface area contributed by atoms with Crippen molar-refractivity contribution in [3.8, 4) is 5.69 Å². The first kappa shape index (κ1) is 16.7. The van der Waals surface area contributed by atoms with Gasteiger partial charge >= 0.3 is 0 Å². The molecule has 0 unspecified atom stereocenters. The minimum Gasteiger partial charge on any atom is -0.394 e. The van der Waals surface area contributed by atoms with Crippen molar-refractivity contribution in [2.24, 2.45) is 0 Å². The first-order valence-electron chi connectivity index (χ1n) is 8.44. The average Bonchev–Trinajstić information content (AvgIpc) is 3.21. The van der Waals surface area contributed by atoms with E-state index < -0.39 is 0 Å². The van der Waals surface area contributed by atoms with Gasteiger partial charge in [-0.3, -0.25) is 4.79 Å². The molecule has 128 valence electrons. The number of hydrogen-bond acceptors (Lipinski definition) is 4. The van der Waals surface area contributed by atoms with Gasteiger partial charge in [-0.2, -0.15) is 5.10 Å². The zero-order valence-electron chi connectivity index (χ0n) is 13.7. The van der Waals surface area contributed by atoms with Crippen LogP contribution in [0.15, 0.2) is 30.3 Å². The van der Waals surface area contributed by atoms with E-state index in [4.69, 9.17) is 9.84 Å². The van der Waals surface area contributed by atoms with Crippen molar-refractivity contribution < 1.29 is 14.6 Å². The molecule has 0 radical (unpaired) electrons. The summed E-state index contributed by atoms with van der Waals surface area (Å²) in [6, 6.07) is 9.94. The van der Waals surface area contributed by atoms with Gasteiger partial charge in [0, 0.05) is 24.4 Å². The molecule has 1 aliphatic carbocycles. The highest BCUT2D eigenvalue weighted by Crippen LogP contribution is 2.27. The molecule has 2 aromatic rings. The van der Waals surface area contributed by atoms with E-state index >= 15 is 0 Å². The first-order chi connectivity index (χ1) is 11.8. The predicted octanol–water partition coefficient (Wildman–Crippen LogP) is 1.49. The summed E-state index contributed by atoms with van der Waals surface area (Å²) >= 11 is 0. The minimum atomic E-state index is -0.120. The highest BCUT2D eigenvalue weighted by atomic mass is 16.5. The van der Waals surface area contributed by atoms with Crippen molar-refractivity contribution in [1.29, 1.82) is 0 Å². The van der Waals surface area contributed by atoms with Crippen molar-refractivity contribution in [3.05, 3.63) is 47.3 Å². The standard InChI is InChI=1S/C18H23N3O3/c22-11-13-24-12-5-10-19-18(23)17-15-8-4-9-16(15)21(20-17)14-6-2-1-3-7-14/h1-3,6-7,22H,4-5,8-13H2,(H,19,23). The Kier molecular flexibility index (Phi) is 5.61. The topological polar surface area (TPSA) is 76.4 Å². The van der Waals surface area contributed by atoms with Crippen molar-refractivity contribution in [1.82, 2.24) is 15.1 Å². The molecule has 0 spiro atoms. The van der Waals surface area contributed by atoms with E-state index in [1.54, 1.807) is 0 Å². The number of aromatic nitrogens is 2. The van der Waals surface area contributed by atoms with Gasteiger partial charge in [-0.15, -0.1) is 0 Å². The third-order valence-electron chi connectivity index (χ3n) is 4.13. The van der Waals surface area contributed by atoms with Crippen LogP contribution in [0.4, 0.5) is 0 Å². The van der Waals surface area contributed by atoms with Gasteiger partial charge in [0.25, 0.3) is 5.91 Å². The molecular formula is C18H23N3O3. The zero-order chi connectivity index (χ0) is 16.8. The van der Waals surface area contributed by atoms with Crippen molar-refractivity contribution >= 4 is 5.91 Å². The van der Waals surface area contributed by atoms with Gasteiger partial charge in [0.2, 0.25) is 0 Å². The predicted molar refractivity (Wildman–Crippen MR) is 90.4 cm³/mol. The monoisotopic (exact) mass is 329 g/mol. The third-order valence-corrected chi connectivity index (χ3v) is 4.13. The van der Waals surface area contributed by atoms with E-state index in [2.05, 4.69) is 10.4 Å². The van der Waals surface area contributed by atoms with Crippen molar-refractivity contribution in [3.63, 3.8) is 0 Å². The second kappa shape index (κ2) is 8.08. The molecule has 0 saturated heterocycles. The van der Waals surface area contributed by atoms with Gasteiger partial charge in [0.1, 0.15) is 0 Å². The molecular weight excluding hydrogens is 306 g/mol. The quantitative estimate of drug-likeness (QED) is 0.720. The van der Waals surface area contributed by atoms with E-state index in [9.17, 15) is 4.79 Å². The molecule has 6 heteroatoms. The largest absolute Gasteiger partial charge is 0.394 e. The lowest BCUT2D eigenvalue weighted by molar-refractivity contribution is 0.0865. The second-order valence-corrected chi connectivity index (χ2v) is 5.82. The summed E-state index contributed by atoms with van der Waals surface area (Å²) in [5, 5.41) is 16.1. The van der Waals surface area contributed by atoms with Gasteiger partial charge in [0.15, 0.2) is 5.69 Å². The van der Waals surface area contributed by atoms with Gasteiger partial charge in [0.05, 0.1) is 18.9 Å². The number of hydrogen-bond donors (Lipinski definition) is 2. The summed E-state index contributed by atoms with van der Waals surface area (Å²) in [4.78, 5) is 12.5. The second-order valence-electron chi connectivity index (χ2n) is 5.82. The number of fused-ring (bicyclic) bond motifs is 1. The van der Waals surface area contributed by atoms with Gasteiger partial charge in [-0.1, -0.05) is 18.2 Å². The molecule has 1 aromatic carbocycles. The van der Waals surface area contributed by atoms with Gasteiger partial charge in [-0.05, 0) is 37.8 Å². The van der Waals surface area contributed by atoms with E-state index in [0.29, 0.717) is 31.9 Å². The molecule has 1 aliphatic rings. The number of aliphatic hydroxyl groups excluding tert-OH is 1. The number of amides is 1. The van der Waals surface area contributed by atoms with Crippen LogP contribution in [-0.4, -0.2) is 47.2 Å². The molecule has 0 aliphatic heterocycles. The molecule has 0 fully saturated rings. The fraction of sp³-hybridized carbons (Fsp3) is 0.444. The Hall–Kier alpha value is -2.18. The number of rotatable bonds is 8.